The number of nitrogens with zero attached hydrogens (tertiary/aromatic N) is 2. The van der Waals surface area contributed by atoms with Crippen LogP contribution in [-0.4, -0.2) is 53.9 Å². The van der Waals surface area contributed by atoms with E-state index in [0.29, 0.717) is 28.7 Å². The van der Waals surface area contributed by atoms with Crippen LogP contribution in [0.4, 0.5) is 0 Å². The van der Waals surface area contributed by atoms with Crippen LogP contribution in [0.5, 0.6) is 0 Å². The van der Waals surface area contributed by atoms with E-state index >= 15 is 0 Å². The van der Waals surface area contributed by atoms with Crippen molar-refractivity contribution in [2.75, 3.05) is 32.7 Å². The van der Waals surface area contributed by atoms with Crippen molar-refractivity contribution < 1.29 is 14.1 Å². The van der Waals surface area contributed by atoms with Crippen molar-refractivity contribution in [3.8, 4) is 0 Å². The number of quaternary nitrogens is 1. The number of hydrogen-bond acceptors (Lipinski definition) is 2. The standard InChI is InChI=1S/C15H19N2O2/c1-2-9-17-10-7-16(8-11-17)14(18)12-5-3-4-6-13(12)15(17)19/h3-6H,2,7-11H2,1H3/q+1. The molecule has 19 heavy (non-hydrogen) atoms. The average Bonchev–Trinajstić information content (AvgIpc) is 2.46. The molecule has 4 nitrogen and oxygen atoms in total. The van der Waals surface area contributed by atoms with Gasteiger partial charge in [-0.3, -0.25) is 9.28 Å². The molecule has 0 aromatic heterocycles. The number of benzene rings is 1. The Morgan fingerprint density at radius 3 is 2.37 bits per heavy atom. The summed E-state index contributed by atoms with van der Waals surface area (Å²) in [7, 11) is 0. The highest BCUT2D eigenvalue weighted by Crippen LogP contribution is 2.26. The monoisotopic (exact) mass is 259 g/mol. The maximum Gasteiger partial charge on any atom is 0.346 e. The van der Waals surface area contributed by atoms with Crippen LogP contribution < -0.4 is 0 Å². The zero-order chi connectivity index (χ0) is 13.5. The van der Waals surface area contributed by atoms with Crippen LogP contribution in [0.15, 0.2) is 24.3 Å². The Balaban J connectivity index is 2.15. The molecule has 0 unspecified atom stereocenters. The van der Waals surface area contributed by atoms with Gasteiger partial charge in [-0.2, -0.15) is 0 Å². The lowest BCUT2D eigenvalue weighted by Crippen LogP contribution is -2.65. The van der Waals surface area contributed by atoms with E-state index < -0.39 is 0 Å². The molecule has 3 aliphatic heterocycles. The third-order valence-corrected chi connectivity index (χ3v) is 4.35. The first-order chi connectivity index (χ1) is 9.18. The third kappa shape index (κ3) is 1.78. The molecule has 100 valence electrons. The second-order valence-corrected chi connectivity index (χ2v) is 5.46. The summed E-state index contributed by atoms with van der Waals surface area (Å²) >= 11 is 0. The molecular formula is C15H19N2O2+. The van der Waals surface area contributed by atoms with Gasteiger partial charge in [-0.25, -0.2) is 4.79 Å². The molecule has 0 radical (unpaired) electrons. The van der Waals surface area contributed by atoms with Crippen LogP contribution in [0.2, 0.25) is 0 Å². The van der Waals surface area contributed by atoms with Gasteiger partial charge in [0, 0.05) is 0 Å². The Morgan fingerprint density at radius 1 is 1.11 bits per heavy atom. The van der Waals surface area contributed by atoms with Crippen LogP contribution in [0.3, 0.4) is 0 Å². The molecule has 2 bridgehead atoms. The normalized spacial score (nSPS) is 21.0. The van der Waals surface area contributed by atoms with Crippen LogP contribution in [0, 0.1) is 0 Å². The van der Waals surface area contributed by atoms with E-state index in [2.05, 4.69) is 6.92 Å². The van der Waals surface area contributed by atoms with E-state index in [-0.39, 0.29) is 11.8 Å². The number of carbonyl (C=O) groups is 2. The molecule has 1 fully saturated rings. The van der Waals surface area contributed by atoms with Gasteiger partial charge < -0.3 is 4.90 Å². The van der Waals surface area contributed by atoms with Crippen molar-refractivity contribution in [1.29, 1.82) is 0 Å². The quantitative estimate of drug-likeness (QED) is 0.755. The second-order valence-electron chi connectivity index (χ2n) is 5.46. The maximum absolute atomic E-state index is 12.9. The lowest BCUT2D eigenvalue weighted by atomic mass is 9.99. The summed E-state index contributed by atoms with van der Waals surface area (Å²) in [5.74, 6) is 0.142. The molecule has 3 aliphatic rings. The zero-order valence-corrected chi connectivity index (χ0v) is 11.3. The molecule has 0 N–H and O–H groups in total. The van der Waals surface area contributed by atoms with Crippen molar-refractivity contribution in [2.45, 2.75) is 13.3 Å². The summed E-state index contributed by atoms with van der Waals surface area (Å²) in [6, 6.07) is 7.25. The third-order valence-electron chi connectivity index (χ3n) is 4.35. The van der Waals surface area contributed by atoms with Crippen molar-refractivity contribution in [3.63, 3.8) is 0 Å². The van der Waals surface area contributed by atoms with Crippen LogP contribution >= 0.6 is 0 Å². The molecule has 1 aromatic carbocycles. The Kier molecular flexibility index (Phi) is 2.90. The first-order valence-corrected chi connectivity index (χ1v) is 6.97. The molecule has 0 atom stereocenters. The van der Waals surface area contributed by atoms with E-state index in [1.165, 1.54) is 0 Å². The zero-order valence-electron chi connectivity index (χ0n) is 11.3. The first-order valence-electron chi connectivity index (χ1n) is 6.97. The molecule has 0 saturated carbocycles. The Morgan fingerprint density at radius 2 is 1.74 bits per heavy atom. The Bertz CT molecular complexity index is 531. The summed E-state index contributed by atoms with van der Waals surface area (Å²) in [6.45, 7) is 5.88. The molecule has 0 spiro atoms. The number of piperazine rings is 1. The van der Waals surface area contributed by atoms with Crippen LogP contribution in [-0.2, 0) is 0 Å². The number of carbonyl (C=O) groups excluding carboxylic acids is 2. The number of fused-ring (bicyclic) bond motifs is 2. The van der Waals surface area contributed by atoms with Crippen LogP contribution in [0.25, 0.3) is 0 Å². The van der Waals surface area contributed by atoms with Gasteiger partial charge in [-0.05, 0) is 18.6 Å². The highest BCUT2D eigenvalue weighted by atomic mass is 16.2. The Hall–Kier alpha value is -1.68. The van der Waals surface area contributed by atoms with Crippen molar-refractivity contribution in [2.24, 2.45) is 0 Å². The Labute approximate surface area is 113 Å². The lowest BCUT2D eigenvalue weighted by molar-refractivity contribution is -0.853. The van der Waals surface area contributed by atoms with Crippen molar-refractivity contribution >= 4 is 11.8 Å². The van der Waals surface area contributed by atoms with E-state index in [4.69, 9.17) is 0 Å². The predicted molar refractivity (Wildman–Crippen MR) is 71.8 cm³/mol. The molecule has 1 saturated heterocycles. The van der Waals surface area contributed by atoms with E-state index in [0.717, 1.165) is 26.1 Å². The second kappa shape index (κ2) is 4.46. The van der Waals surface area contributed by atoms with Gasteiger partial charge in [0.15, 0.2) is 0 Å². The molecule has 3 heterocycles. The SMILES string of the molecule is CCC[N+]12CCN(CC1)C(=O)c1ccccc1C2=O. The van der Waals surface area contributed by atoms with Crippen molar-refractivity contribution in [1.82, 2.24) is 4.90 Å². The van der Waals surface area contributed by atoms with Gasteiger partial charge in [-0.15, -0.1) is 0 Å². The summed E-state index contributed by atoms with van der Waals surface area (Å²) in [4.78, 5) is 27.2. The van der Waals surface area contributed by atoms with Gasteiger partial charge in [0.25, 0.3) is 5.91 Å². The van der Waals surface area contributed by atoms with Crippen molar-refractivity contribution in [3.05, 3.63) is 35.4 Å². The van der Waals surface area contributed by atoms with Gasteiger partial charge in [0.1, 0.15) is 13.1 Å². The number of rotatable bonds is 2. The van der Waals surface area contributed by atoms with E-state index in [9.17, 15) is 9.59 Å². The summed E-state index contributed by atoms with van der Waals surface area (Å²) in [5.41, 5.74) is 1.18. The molecule has 4 rings (SSSR count). The molecule has 1 aromatic rings. The first kappa shape index (κ1) is 12.4. The molecule has 2 amide bonds. The highest BCUT2D eigenvalue weighted by Gasteiger charge is 2.45. The largest absolute Gasteiger partial charge is 0.346 e. The van der Waals surface area contributed by atoms with Gasteiger partial charge in [-0.1, -0.05) is 19.1 Å². The summed E-state index contributed by atoms with van der Waals surface area (Å²) in [6.07, 6.45) is 0.988. The highest BCUT2D eigenvalue weighted by molar-refractivity contribution is 6.05. The number of hydrogen-bond donors (Lipinski definition) is 0. The average molecular weight is 259 g/mol. The molecule has 0 aliphatic carbocycles. The lowest BCUT2D eigenvalue weighted by Gasteiger charge is -2.44. The fourth-order valence-electron chi connectivity index (χ4n) is 3.29. The van der Waals surface area contributed by atoms with E-state index in [1.54, 1.807) is 12.1 Å². The maximum atomic E-state index is 12.9. The topological polar surface area (TPSA) is 37.4 Å². The molecular weight excluding hydrogens is 240 g/mol. The smallest absolute Gasteiger partial charge is 0.327 e. The minimum absolute atomic E-state index is 0.0120. The summed E-state index contributed by atoms with van der Waals surface area (Å²) < 4.78 is 0.511. The minimum Gasteiger partial charge on any atom is -0.327 e. The predicted octanol–water partition coefficient (Wildman–Crippen LogP) is 1.52. The summed E-state index contributed by atoms with van der Waals surface area (Å²) in [5, 5.41) is 0. The van der Waals surface area contributed by atoms with Gasteiger partial charge in [0.2, 0.25) is 0 Å². The van der Waals surface area contributed by atoms with Gasteiger partial charge >= 0.3 is 5.91 Å². The van der Waals surface area contributed by atoms with Crippen LogP contribution in [0.1, 0.15) is 34.1 Å². The van der Waals surface area contributed by atoms with E-state index in [1.807, 2.05) is 17.0 Å². The fraction of sp³-hybridized carbons (Fsp3) is 0.467. The molecule has 4 heteroatoms. The fourth-order valence-corrected chi connectivity index (χ4v) is 3.29. The minimum atomic E-state index is 0.0120. The number of amides is 2. The van der Waals surface area contributed by atoms with Gasteiger partial charge in [0.05, 0.1) is 30.8 Å².